The van der Waals surface area contributed by atoms with Crippen molar-refractivity contribution in [3.63, 3.8) is 0 Å². The standard InChI is InChI=1S/C20H22FN5O3/c1-2-25-10-14(20(28)29)18(27)13-5-11-6-15(21)17(7-16(11)24-19(13)25)26-8-12(9-26)23-4-3-22/h5-7,10,12,23H,2-4,8-9,22H2,1H3,(H,28,29). The number of halogens is 1. The third kappa shape index (κ3) is 3.32. The molecule has 4 rings (SSSR count). The van der Waals surface area contributed by atoms with Crippen LogP contribution in [-0.2, 0) is 6.54 Å². The quantitative estimate of drug-likeness (QED) is 0.533. The second-order valence-electron chi connectivity index (χ2n) is 7.16. The van der Waals surface area contributed by atoms with Crippen molar-refractivity contribution < 1.29 is 14.3 Å². The van der Waals surface area contributed by atoms with E-state index in [-0.39, 0.29) is 17.0 Å². The molecule has 2 aromatic heterocycles. The van der Waals surface area contributed by atoms with E-state index in [9.17, 15) is 19.1 Å². The topological polar surface area (TPSA) is 113 Å². The monoisotopic (exact) mass is 399 g/mol. The lowest BCUT2D eigenvalue weighted by molar-refractivity contribution is 0.0695. The number of aromatic carboxylic acids is 1. The average molecular weight is 399 g/mol. The van der Waals surface area contributed by atoms with Gasteiger partial charge in [-0.05, 0) is 25.1 Å². The Bertz CT molecular complexity index is 1170. The summed E-state index contributed by atoms with van der Waals surface area (Å²) in [4.78, 5) is 30.5. The summed E-state index contributed by atoms with van der Waals surface area (Å²) in [7, 11) is 0. The van der Waals surface area contributed by atoms with Crippen molar-refractivity contribution in [2.24, 2.45) is 5.73 Å². The first-order valence-electron chi connectivity index (χ1n) is 9.52. The first-order valence-corrected chi connectivity index (χ1v) is 9.52. The number of fused-ring (bicyclic) bond motifs is 2. The highest BCUT2D eigenvalue weighted by Crippen LogP contribution is 2.29. The molecule has 0 aliphatic carbocycles. The maximum absolute atomic E-state index is 14.7. The maximum atomic E-state index is 14.7. The van der Waals surface area contributed by atoms with Crippen LogP contribution in [0.5, 0.6) is 0 Å². The van der Waals surface area contributed by atoms with Crippen LogP contribution in [-0.4, -0.2) is 52.8 Å². The summed E-state index contributed by atoms with van der Waals surface area (Å²) in [5.74, 6) is -1.70. The first-order chi connectivity index (χ1) is 13.9. The lowest BCUT2D eigenvalue weighted by atomic mass is 10.1. The number of nitrogens with two attached hydrogens (primary N) is 1. The Hall–Kier alpha value is -3.04. The van der Waals surface area contributed by atoms with Gasteiger partial charge in [-0.2, -0.15) is 0 Å². The zero-order chi connectivity index (χ0) is 20.7. The lowest BCUT2D eigenvalue weighted by Crippen LogP contribution is -2.59. The van der Waals surface area contributed by atoms with Gasteiger partial charge in [0, 0.05) is 50.3 Å². The number of pyridine rings is 2. The van der Waals surface area contributed by atoms with Crippen molar-refractivity contribution in [2.45, 2.75) is 19.5 Å². The van der Waals surface area contributed by atoms with Crippen LogP contribution in [0.3, 0.4) is 0 Å². The van der Waals surface area contributed by atoms with Crippen molar-refractivity contribution in [2.75, 3.05) is 31.1 Å². The predicted molar refractivity (Wildman–Crippen MR) is 109 cm³/mol. The van der Waals surface area contributed by atoms with Crippen molar-refractivity contribution in [3.05, 3.63) is 46.0 Å². The van der Waals surface area contributed by atoms with Crippen LogP contribution in [0.15, 0.2) is 29.2 Å². The van der Waals surface area contributed by atoms with E-state index in [0.717, 1.165) is 6.54 Å². The van der Waals surface area contributed by atoms with E-state index < -0.39 is 17.2 Å². The van der Waals surface area contributed by atoms with E-state index in [0.29, 0.717) is 48.4 Å². The minimum absolute atomic E-state index is 0.168. The minimum Gasteiger partial charge on any atom is -0.477 e. The number of hydrogen-bond acceptors (Lipinski definition) is 6. The van der Waals surface area contributed by atoms with Gasteiger partial charge in [-0.25, -0.2) is 14.2 Å². The molecule has 29 heavy (non-hydrogen) atoms. The average Bonchev–Trinajstić information content (AvgIpc) is 2.66. The second-order valence-corrected chi connectivity index (χ2v) is 7.16. The Kier molecular flexibility index (Phi) is 4.93. The van der Waals surface area contributed by atoms with Crippen LogP contribution < -0.4 is 21.4 Å². The molecule has 3 heterocycles. The number of nitrogens with zero attached hydrogens (tertiary/aromatic N) is 3. The van der Waals surface area contributed by atoms with Gasteiger partial charge in [-0.1, -0.05) is 0 Å². The van der Waals surface area contributed by atoms with Gasteiger partial charge < -0.3 is 25.6 Å². The third-order valence-electron chi connectivity index (χ3n) is 5.28. The summed E-state index contributed by atoms with van der Waals surface area (Å²) in [6, 6.07) is 4.82. The molecule has 1 aromatic carbocycles. The number of benzene rings is 1. The Morgan fingerprint density at radius 2 is 2.14 bits per heavy atom. The van der Waals surface area contributed by atoms with Crippen molar-refractivity contribution >= 4 is 33.6 Å². The summed E-state index contributed by atoms with van der Waals surface area (Å²) in [6.45, 7) is 4.92. The molecule has 1 aliphatic rings. The number of carbonyl (C=O) groups is 1. The molecule has 0 atom stereocenters. The Morgan fingerprint density at radius 3 is 2.79 bits per heavy atom. The smallest absolute Gasteiger partial charge is 0.341 e. The normalized spacial score (nSPS) is 14.5. The lowest BCUT2D eigenvalue weighted by Gasteiger charge is -2.41. The van der Waals surface area contributed by atoms with Gasteiger partial charge in [0.05, 0.1) is 16.6 Å². The van der Waals surface area contributed by atoms with Gasteiger partial charge in [-0.3, -0.25) is 4.79 Å². The van der Waals surface area contributed by atoms with Crippen LogP contribution in [0.1, 0.15) is 17.3 Å². The summed E-state index contributed by atoms with van der Waals surface area (Å²) < 4.78 is 16.4. The molecule has 1 saturated heterocycles. The zero-order valence-electron chi connectivity index (χ0n) is 16.0. The molecule has 152 valence electrons. The number of carboxylic acids is 1. The molecule has 0 amide bonds. The number of aromatic nitrogens is 2. The molecule has 1 aliphatic heterocycles. The third-order valence-corrected chi connectivity index (χ3v) is 5.28. The predicted octanol–water partition coefficient (Wildman–Crippen LogP) is 1.14. The van der Waals surface area contributed by atoms with E-state index in [1.807, 2.05) is 11.8 Å². The fraction of sp³-hybridized carbons (Fsp3) is 0.350. The van der Waals surface area contributed by atoms with E-state index in [4.69, 9.17) is 5.73 Å². The largest absolute Gasteiger partial charge is 0.477 e. The summed E-state index contributed by atoms with van der Waals surface area (Å²) >= 11 is 0. The molecule has 0 radical (unpaired) electrons. The van der Waals surface area contributed by atoms with Crippen LogP contribution >= 0.6 is 0 Å². The van der Waals surface area contributed by atoms with E-state index in [1.165, 1.54) is 18.3 Å². The number of hydrogen-bond donors (Lipinski definition) is 3. The Morgan fingerprint density at radius 1 is 1.38 bits per heavy atom. The van der Waals surface area contributed by atoms with Gasteiger partial charge in [0.2, 0.25) is 5.43 Å². The summed E-state index contributed by atoms with van der Waals surface area (Å²) in [5, 5.41) is 13.2. The molecule has 1 fully saturated rings. The van der Waals surface area contributed by atoms with Gasteiger partial charge in [0.25, 0.3) is 0 Å². The zero-order valence-corrected chi connectivity index (χ0v) is 16.0. The fourth-order valence-corrected chi connectivity index (χ4v) is 3.71. The Balaban J connectivity index is 1.80. The molecule has 0 unspecified atom stereocenters. The van der Waals surface area contributed by atoms with E-state index in [1.54, 1.807) is 10.6 Å². The molecule has 0 saturated carbocycles. The summed E-state index contributed by atoms with van der Waals surface area (Å²) in [5.41, 5.74) is 5.95. The highest BCUT2D eigenvalue weighted by atomic mass is 19.1. The van der Waals surface area contributed by atoms with Crippen LogP contribution in [0.4, 0.5) is 10.1 Å². The number of anilines is 1. The molecule has 0 spiro atoms. The second kappa shape index (κ2) is 7.41. The number of aryl methyl sites for hydroxylation is 1. The maximum Gasteiger partial charge on any atom is 0.341 e. The van der Waals surface area contributed by atoms with Crippen molar-refractivity contribution in [1.29, 1.82) is 0 Å². The number of rotatable bonds is 6. The highest BCUT2D eigenvalue weighted by Gasteiger charge is 2.28. The molecule has 9 heteroatoms. The molecule has 0 bridgehead atoms. The fourth-order valence-electron chi connectivity index (χ4n) is 3.71. The van der Waals surface area contributed by atoms with Crippen LogP contribution in [0, 0.1) is 5.82 Å². The van der Waals surface area contributed by atoms with Crippen LogP contribution in [0.25, 0.3) is 21.9 Å². The van der Waals surface area contributed by atoms with E-state index >= 15 is 0 Å². The SMILES string of the molecule is CCn1cc(C(=O)O)c(=O)c2cc3cc(F)c(N4CC(NCCN)C4)cc3nc21. The van der Waals surface area contributed by atoms with Crippen LogP contribution in [0.2, 0.25) is 0 Å². The molecule has 4 N–H and O–H groups in total. The first kappa shape index (κ1) is 19.3. The van der Waals surface area contributed by atoms with Gasteiger partial charge in [-0.15, -0.1) is 0 Å². The van der Waals surface area contributed by atoms with Gasteiger partial charge in [0.15, 0.2) is 0 Å². The van der Waals surface area contributed by atoms with Gasteiger partial charge in [0.1, 0.15) is 17.0 Å². The van der Waals surface area contributed by atoms with Crippen molar-refractivity contribution in [3.8, 4) is 0 Å². The molecular formula is C20H22FN5O3. The molecule has 8 nitrogen and oxygen atoms in total. The Labute approximate surface area is 165 Å². The minimum atomic E-state index is -1.30. The molecular weight excluding hydrogens is 377 g/mol. The highest BCUT2D eigenvalue weighted by molar-refractivity contribution is 5.96. The number of carboxylic acid groups (broad SMARTS) is 1. The molecule has 3 aromatic rings. The number of nitrogens with one attached hydrogen (secondary N) is 1. The van der Waals surface area contributed by atoms with E-state index in [2.05, 4.69) is 10.3 Å². The summed E-state index contributed by atoms with van der Waals surface area (Å²) in [6.07, 6.45) is 1.30. The van der Waals surface area contributed by atoms with Gasteiger partial charge >= 0.3 is 5.97 Å². The van der Waals surface area contributed by atoms with Crippen molar-refractivity contribution in [1.82, 2.24) is 14.9 Å².